The number of carbonyl (C=O) groups excluding carboxylic acids is 1. The summed E-state index contributed by atoms with van der Waals surface area (Å²) >= 11 is 6.78. The number of ether oxygens (including phenoxy) is 4. The van der Waals surface area contributed by atoms with Crippen LogP contribution in [0.3, 0.4) is 0 Å². The van der Waals surface area contributed by atoms with Crippen molar-refractivity contribution in [3.8, 4) is 34.1 Å². The number of pyridine rings is 1. The standard InChI is InChI=1S/C37H38ClN3O9/c1-22-25(3-2-4-29(22)24-5-6-32-35(13-24)48-10-9-47-32)21-50-34-14-33(27(12-30(34)38)17-41-8-7-28(43)18-41)49-20-23-11-26(16-39-15-23)36(44)40-31(19-42)37(45)46/h2-6,11-16,28,31,42-43H,7-10,17-21H2,1H3,(H,40,44)(H,45,46)/t28-,31-/m0/s1. The molecule has 2 aliphatic rings. The van der Waals surface area contributed by atoms with E-state index in [4.69, 9.17) is 30.5 Å². The van der Waals surface area contributed by atoms with E-state index >= 15 is 0 Å². The highest BCUT2D eigenvalue weighted by atomic mass is 35.5. The Morgan fingerprint density at radius 1 is 1.02 bits per heavy atom. The van der Waals surface area contributed by atoms with E-state index in [0.717, 1.165) is 45.9 Å². The van der Waals surface area contributed by atoms with Gasteiger partial charge in [-0.3, -0.25) is 14.7 Å². The van der Waals surface area contributed by atoms with E-state index in [0.29, 0.717) is 54.8 Å². The maximum Gasteiger partial charge on any atom is 0.328 e. The van der Waals surface area contributed by atoms with E-state index < -0.39 is 30.6 Å². The third-order valence-electron chi connectivity index (χ3n) is 8.68. The van der Waals surface area contributed by atoms with Crippen LogP contribution in [0.2, 0.25) is 5.02 Å². The number of benzene rings is 3. The lowest BCUT2D eigenvalue weighted by Crippen LogP contribution is -2.43. The summed E-state index contributed by atoms with van der Waals surface area (Å²) in [5.74, 6) is 0.340. The van der Waals surface area contributed by atoms with Crippen LogP contribution in [0.4, 0.5) is 0 Å². The van der Waals surface area contributed by atoms with Crippen LogP contribution >= 0.6 is 11.6 Å². The highest BCUT2D eigenvalue weighted by Gasteiger charge is 2.23. The molecule has 0 spiro atoms. The summed E-state index contributed by atoms with van der Waals surface area (Å²) in [5.41, 5.74) is 5.53. The monoisotopic (exact) mass is 703 g/mol. The summed E-state index contributed by atoms with van der Waals surface area (Å²) in [4.78, 5) is 30.1. The van der Waals surface area contributed by atoms with Crippen molar-refractivity contribution in [3.05, 3.63) is 99.8 Å². The number of β-amino-alcohol motifs (C(OH)–C–C–N with tert-alkyl or cyclic N) is 1. The normalized spacial score (nSPS) is 16.1. The molecule has 0 bridgehead atoms. The number of carbonyl (C=O) groups is 2. The quantitative estimate of drug-likeness (QED) is 0.157. The van der Waals surface area contributed by atoms with E-state index in [1.165, 1.54) is 6.20 Å². The van der Waals surface area contributed by atoms with Crippen molar-refractivity contribution in [2.75, 3.05) is 32.9 Å². The fourth-order valence-corrected chi connectivity index (χ4v) is 6.18. The number of likely N-dealkylation sites (tertiary alicyclic amines) is 1. The Morgan fingerprint density at radius 2 is 1.82 bits per heavy atom. The van der Waals surface area contributed by atoms with E-state index in [1.54, 1.807) is 24.4 Å². The zero-order valence-electron chi connectivity index (χ0n) is 27.4. The van der Waals surface area contributed by atoms with Crippen molar-refractivity contribution in [2.24, 2.45) is 0 Å². The van der Waals surface area contributed by atoms with Gasteiger partial charge < -0.3 is 39.6 Å². The van der Waals surface area contributed by atoms with Crippen LogP contribution in [0.1, 0.15) is 39.0 Å². The number of nitrogens with zero attached hydrogens (tertiary/aromatic N) is 2. The molecule has 0 saturated carbocycles. The summed E-state index contributed by atoms with van der Waals surface area (Å²) in [5, 5.41) is 31.2. The number of halogens is 1. The molecule has 1 aromatic heterocycles. The molecule has 4 aromatic rings. The van der Waals surface area contributed by atoms with Crippen molar-refractivity contribution in [3.63, 3.8) is 0 Å². The van der Waals surface area contributed by atoms with Gasteiger partial charge in [0.15, 0.2) is 17.5 Å². The van der Waals surface area contributed by atoms with Crippen LogP contribution in [-0.2, 0) is 24.6 Å². The van der Waals surface area contributed by atoms with Gasteiger partial charge in [0.25, 0.3) is 5.91 Å². The van der Waals surface area contributed by atoms with Crippen molar-refractivity contribution >= 4 is 23.5 Å². The number of aliphatic hydroxyl groups is 2. The van der Waals surface area contributed by atoms with Gasteiger partial charge >= 0.3 is 5.97 Å². The van der Waals surface area contributed by atoms with Gasteiger partial charge in [0.1, 0.15) is 37.9 Å². The minimum absolute atomic E-state index is 0.0316. The number of fused-ring (bicyclic) bond motifs is 1. The van der Waals surface area contributed by atoms with Gasteiger partial charge in [-0.25, -0.2) is 4.79 Å². The molecular formula is C37H38ClN3O9. The van der Waals surface area contributed by atoms with Crippen molar-refractivity contribution in [1.82, 2.24) is 15.2 Å². The number of aliphatic carboxylic acids is 1. The average Bonchev–Trinajstić information content (AvgIpc) is 3.53. The predicted octanol–water partition coefficient (Wildman–Crippen LogP) is 4.38. The number of carboxylic acid groups (broad SMARTS) is 1. The number of amides is 1. The van der Waals surface area contributed by atoms with E-state index in [2.05, 4.69) is 21.3 Å². The molecule has 0 unspecified atom stereocenters. The maximum absolute atomic E-state index is 12.6. The summed E-state index contributed by atoms with van der Waals surface area (Å²) in [7, 11) is 0. The molecule has 0 radical (unpaired) electrons. The van der Waals surface area contributed by atoms with Gasteiger partial charge in [-0.1, -0.05) is 35.9 Å². The largest absolute Gasteiger partial charge is 0.488 e. The summed E-state index contributed by atoms with van der Waals surface area (Å²) in [6.45, 7) is 4.35. The first kappa shape index (κ1) is 35.0. The second-order valence-corrected chi connectivity index (χ2v) is 12.6. The van der Waals surface area contributed by atoms with E-state index in [1.807, 2.05) is 37.3 Å². The minimum Gasteiger partial charge on any atom is -0.488 e. The Labute approximate surface area is 294 Å². The molecule has 3 heterocycles. The van der Waals surface area contributed by atoms with Gasteiger partial charge in [0, 0.05) is 49.2 Å². The second kappa shape index (κ2) is 15.8. The molecule has 2 atom stereocenters. The Bertz CT molecular complexity index is 1870. The lowest BCUT2D eigenvalue weighted by molar-refractivity contribution is -0.140. The van der Waals surface area contributed by atoms with Crippen LogP contribution in [0.25, 0.3) is 11.1 Å². The first-order valence-corrected chi connectivity index (χ1v) is 16.6. The Morgan fingerprint density at radius 3 is 2.58 bits per heavy atom. The van der Waals surface area contributed by atoms with Crippen LogP contribution in [0.5, 0.6) is 23.0 Å². The SMILES string of the molecule is Cc1c(COc2cc(OCc3cncc(C(=O)N[C@@H](CO)C(=O)O)c3)c(CN3CC[C@H](O)C3)cc2Cl)cccc1-c1ccc2c(c1)OCCO2. The lowest BCUT2D eigenvalue weighted by Gasteiger charge is -2.21. The molecule has 12 nitrogen and oxygen atoms in total. The molecule has 1 amide bonds. The van der Waals surface area contributed by atoms with Gasteiger partial charge in [0.05, 0.1) is 23.3 Å². The van der Waals surface area contributed by atoms with Crippen LogP contribution in [-0.4, -0.2) is 82.1 Å². The highest BCUT2D eigenvalue weighted by molar-refractivity contribution is 6.32. The topological polar surface area (TPSA) is 160 Å². The van der Waals surface area contributed by atoms with Gasteiger partial charge in [0.2, 0.25) is 0 Å². The number of rotatable bonds is 13. The molecular weight excluding hydrogens is 666 g/mol. The molecule has 1 fully saturated rings. The van der Waals surface area contributed by atoms with Crippen LogP contribution in [0, 0.1) is 6.92 Å². The molecule has 13 heteroatoms. The number of aromatic nitrogens is 1. The van der Waals surface area contributed by atoms with Crippen LogP contribution in [0.15, 0.2) is 67.0 Å². The van der Waals surface area contributed by atoms with Gasteiger partial charge in [-0.15, -0.1) is 0 Å². The van der Waals surface area contributed by atoms with Crippen molar-refractivity contribution < 1.29 is 43.9 Å². The Hall–Kier alpha value is -4.88. The zero-order chi connectivity index (χ0) is 35.2. The molecule has 3 aromatic carbocycles. The van der Waals surface area contributed by atoms with Crippen LogP contribution < -0.4 is 24.3 Å². The third kappa shape index (κ3) is 8.28. The summed E-state index contributed by atoms with van der Waals surface area (Å²) in [6.07, 6.45) is 3.12. The molecule has 50 heavy (non-hydrogen) atoms. The first-order valence-electron chi connectivity index (χ1n) is 16.2. The molecule has 6 rings (SSSR count). The van der Waals surface area contributed by atoms with Gasteiger partial charge in [-0.2, -0.15) is 0 Å². The zero-order valence-corrected chi connectivity index (χ0v) is 28.2. The minimum atomic E-state index is -1.44. The smallest absolute Gasteiger partial charge is 0.328 e. The third-order valence-corrected chi connectivity index (χ3v) is 8.97. The molecule has 1 saturated heterocycles. The average molecular weight is 704 g/mol. The number of hydrogen-bond donors (Lipinski definition) is 4. The number of nitrogens with one attached hydrogen (secondary N) is 1. The number of carboxylic acids is 1. The summed E-state index contributed by atoms with van der Waals surface area (Å²) in [6, 6.07) is 15.6. The maximum atomic E-state index is 12.6. The lowest BCUT2D eigenvalue weighted by atomic mass is 9.96. The summed E-state index contributed by atoms with van der Waals surface area (Å²) < 4.78 is 24.0. The van der Waals surface area contributed by atoms with E-state index in [9.17, 15) is 24.9 Å². The molecule has 262 valence electrons. The van der Waals surface area contributed by atoms with Crippen molar-refractivity contribution in [2.45, 2.75) is 45.2 Å². The fourth-order valence-electron chi connectivity index (χ4n) is 5.94. The molecule has 0 aliphatic carbocycles. The second-order valence-electron chi connectivity index (χ2n) is 12.2. The van der Waals surface area contributed by atoms with Gasteiger partial charge in [-0.05, 0) is 59.9 Å². The predicted molar refractivity (Wildman–Crippen MR) is 184 cm³/mol. The van der Waals surface area contributed by atoms with E-state index in [-0.39, 0.29) is 18.8 Å². The first-order chi connectivity index (χ1) is 24.2. The van der Waals surface area contributed by atoms with Crippen molar-refractivity contribution in [1.29, 1.82) is 0 Å². The highest BCUT2D eigenvalue weighted by Crippen LogP contribution is 2.38. The fraction of sp³-hybridized carbons (Fsp3) is 0.324. The Kier molecular flexibility index (Phi) is 11.0. The number of hydrogen-bond acceptors (Lipinski definition) is 10. The Balaban J connectivity index is 1.21. The molecule has 4 N–H and O–H groups in total. The molecule has 2 aliphatic heterocycles. The number of aliphatic hydroxyl groups excluding tert-OH is 2.